The minimum absolute atomic E-state index is 0.0898. The Bertz CT molecular complexity index is 721. The molecule has 0 fully saturated rings. The van der Waals surface area contributed by atoms with E-state index in [9.17, 15) is 14.4 Å². The Morgan fingerprint density at radius 1 is 1.47 bits per heavy atom. The van der Waals surface area contributed by atoms with E-state index in [0.717, 1.165) is 0 Å². The number of aromatic amines is 1. The zero-order valence-electron chi connectivity index (χ0n) is 9.22. The third-order valence-electron chi connectivity index (χ3n) is 2.49. The van der Waals surface area contributed by atoms with Crippen molar-refractivity contribution in [2.45, 2.75) is 13.5 Å². The van der Waals surface area contributed by atoms with Gasteiger partial charge < -0.3 is 9.67 Å². The number of aryl methyl sites for hydroxylation is 2. The van der Waals surface area contributed by atoms with Crippen molar-refractivity contribution in [3.8, 4) is 0 Å². The van der Waals surface area contributed by atoms with Gasteiger partial charge in [0.05, 0.1) is 0 Å². The molecule has 0 saturated carbocycles. The van der Waals surface area contributed by atoms with Crippen LogP contribution in [0.2, 0.25) is 0 Å². The monoisotopic (exact) mass is 238 g/mol. The number of nitrogens with one attached hydrogen (secondary N) is 1. The maximum absolute atomic E-state index is 11.6. The molecule has 2 aromatic rings. The van der Waals surface area contributed by atoms with Gasteiger partial charge in [-0.25, -0.2) is 9.78 Å². The van der Waals surface area contributed by atoms with Gasteiger partial charge in [0.25, 0.3) is 5.56 Å². The van der Waals surface area contributed by atoms with Crippen LogP contribution in [-0.2, 0) is 18.4 Å². The molecule has 17 heavy (non-hydrogen) atoms. The second-order valence-corrected chi connectivity index (χ2v) is 3.63. The largest absolute Gasteiger partial charge is 0.480 e. The van der Waals surface area contributed by atoms with Crippen LogP contribution in [0.4, 0.5) is 0 Å². The van der Waals surface area contributed by atoms with Crippen molar-refractivity contribution in [1.82, 2.24) is 19.1 Å². The van der Waals surface area contributed by atoms with Crippen molar-refractivity contribution in [2.75, 3.05) is 0 Å². The van der Waals surface area contributed by atoms with Gasteiger partial charge in [-0.3, -0.25) is 19.1 Å². The summed E-state index contributed by atoms with van der Waals surface area (Å²) >= 11 is 0. The number of carboxylic acid groups (broad SMARTS) is 1. The number of nitrogens with zero attached hydrogens (tertiary/aromatic N) is 3. The molecule has 0 amide bonds. The highest BCUT2D eigenvalue weighted by Crippen LogP contribution is 2.09. The van der Waals surface area contributed by atoms with E-state index >= 15 is 0 Å². The maximum Gasteiger partial charge on any atom is 0.329 e. The van der Waals surface area contributed by atoms with Crippen molar-refractivity contribution in [3.63, 3.8) is 0 Å². The van der Waals surface area contributed by atoms with E-state index in [0.29, 0.717) is 5.82 Å². The Balaban J connectivity index is 2.92. The highest BCUT2D eigenvalue weighted by Gasteiger charge is 2.16. The summed E-state index contributed by atoms with van der Waals surface area (Å²) in [6.45, 7) is 1.20. The van der Waals surface area contributed by atoms with Crippen LogP contribution >= 0.6 is 0 Å². The predicted octanol–water partition coefficient (Wildman–Crippen LogP) is -1.18. The molecule has 2 rings (SSSR count). The summed E-state index contributed by atoms with van der Waals surface area (Å²) in [6.07, 6.45) is 0. The van der Waals surface area contributed by atoms with E-state index < -0.39 is 17.2 Å². The Hall–Kier alpha value is -2.38. The summed E-state index contributed by atoms with van der Waals surface area (Å²) in [6, 6.07) is 0. The fourth-order valence-corrected chi connectivity index (χ4v) is 1.67. The quantitative estimate of drug-likeness (QED) is 0.684. The second-order valence-electron chi connectivity index (χ2n) is 3.63. The van der Waals surface area contributed by atoms with E-state index in [1.807, 2.05) is 0 Å². The van der Waals surface area contributed by atoms with Crippen LogP contribution in [-0.4, -0.2) is 30.2 Å². The predicted molar refractivity (Wildman–Crippen MR) is 58.0 cm³/mol. The fraction of sp³-hybridized carbons (Fsp3) is 0.333. The number of carboxylic acids is 1. The molecule has 0 unspecified atom stereocenters. The van der Waals surface area contributed by atoms with Crippen molar-refractivity contribution < 1.29 is 9.90 Å². The van der Waals surface area contributed by atoms with Gasteiger partial charge >= 0.3 is 11.7 Å². The molecule has 0 aromatic carbocycles. The molecular weight excluding hydrogens is 228 g/mol. The van der Waals surface area contributed by atoms with Crippen LogP contribution in [0, 0.1) is 6.92 Å². The first-order valence-corrected chi connectivity index (χ1v) is 4.79. The van der Waals surface area contributed by atoms with E-state index in [4.69, 9.17) is 5.11 Å². The van der Waals surface area contributed by atoms with E-state index in [1.54, 1.807) is 6.92 Å². The Morgan fingerprint density at radius 2 is 2.12 bits per heavy atom. The number of hydrogen-bond acceptors (Lipinski definition) is 4. The molecule has 0 aliphatic carbocycles. The molecule has 90 valence electrons. The van der Waals surface area contributed by atoms with Crippen LogP contribution < -0.4 is 11.2 Å². The molecule has 0 aliphatic heterocycles. The van der Waals surface area contributed by atoms with Gasteiger partial charge in [-0.1, -0.05) is 0 Å². The van der Waals surface area contributed by atoms with Crippen LogP contribution in [0.5, 0.6) is 0 Å². The first kappa shape index (κ1) is 11.1. The third-order valence-corrected chi connectivity index (χ3v) is 2.49. The molecule has 0 bridgehead atoms. The van der Waals surface area contributed by atoms with E-state index in [2.05, 4.69) is 9.97 Å². The maximum atomic E-state index is 11.6. The lowest BCUT2D eigenvalue weighted by Gasteiger charge is -2.02. The standard InChI is InChI=1S/C9H10N4O4/c1-4-10-7-6(13(4)3-5(14)15)8(16)11-9(17)12(7)2/h3H2,1-2H3,(H,14,15)(H,11,16,17). The number of aromatic nitrogens is 4. The molecule has 0 atom stereocenters. The first-order valence-electron chi connectivity index (χ1n) is 4.79. The second kappa shape index (κ2) is 3.58. The summed E-state index contributed by atoms with van der Waals surface area (Å²) in [4.78, 5) is 39.8. The van der Waals surface area contributed by atoms with Crippen molar-refractivity contribution >= 4 is 17.1 Å². The Morgan fingerprint density at radius 3 is 2.71 bits per heavy atom. The number of H-pyrrole nitrogens is 1. The average Bonchev–Trinajstić information content (AvgIpc) is 2.53. The molecule has 2 N–H and O–H groups in total. The van der Waals surface area contributed by atoms with Crippen molar-refractivity contribution in [1.29, 1.82) is 0 Å². The number of rotatable bonds is 2. The van der Waals surface area contributed by atoms with E-state index in [1.165, 1.54) is 16.2 Å². The van der Waals surface area contributed by atoms with Gasteiger partial charge in [-0.2, -0.15) is 0 Å². The summed E-state index contributed by atoms with van der Waals surface area (Å²) in [7, 11) is 1.46. The number of imidazole rings is 1. The van der Waals surface area contributed by atoms with Gasteiger partial charge in [0.2, 0.25) is 0 Å². The topological polar surface area (TPSA) is 110 Å². The summed E-state index contributed by atoms with van der Waals surface area (Å²) < 4.78 is 2.43. The minimum Gasteiger partial charge on any atom is -0.480 e. The summed E-state index contributed by atoms with van der Waals surface area (Å²) in [5.41, 5.74) is -0.947. The summed E-state index contributed by atoms with van der Waals surface area (Å²) in [5.74, 6) is -0.713. The third kappa shape index (κ3) is 1.63. The van der Waals surface area contributed by atoms with Gasteiger partial charge in [0.15, 0.2) is 11.2 Å². The zero-order chi connectivity index (χ0) is 12.7. The molecule has 0 radical (unpaired) electrons. The average molecular weight is 238 g/mol. The smallest absolute Gasteiger partial charge is 0.329 e. The molecule has 2 heterocycles. The lowest BCUT2D eigenvalue weighted by atomic mass is 10.5. The number of carbonyl (C=O) groups is 1. The van der Waals surface area contributed by atoms with Crippen LogP contribution in [0.3, 0.4) is 0 Å². The fourth-order valence-electron chi connectivity index (χ4n) is 1.67. The van der Waals surface area contributed by atoms with Gasteiger partial charge in [0.1, 0.15) is 12.4 Å². The van der Waals surface area contributed by atoms with E-state index in [-0.39, 0.29) is 17.7 Å². The number of aliphatic carboxylic acids is 1. The number of fused-ring (bicyclic) bond motifs is 1. The lowest BCUT2D eigenvalue weighted by molar-refractivity contribution is -0.137. The van der Waals surface area contributed by atoms with Crippen molar-refractivity contribution in [2.24, 2.45) is 7.05 Å². The highest BCUT2D eigenvalue weighted by molar-refractivity contribution is 5.74. The lowest BCUT2D eigenvalue weighted by Crippen LogP contribution is -2.29. The molecule has 2 aromatic heterocycles. The molecule has 0 aliphatic rings. The van der Waals surface area contributed by atoms with Gasteiger partial charge in [-0.15, -0.1) is 0 Å². The molecule has 0 spiro atoms. The van der Waals surface area contributed by atoms with Gasteiger partial charge in [0, 0.05) is 7.05 Å². The Kier molecular flexibility index (Phi) is 2.34. The minimum atomic E-state index is -1.08. The molecule has 8 nitrogen and oxygen atoms in total. The Labute approximate surface area is 94.1 Å². The SMILES string of the molecule is Cc1nc2c(c(=O)[nH]c(=O)n2C)n1CC(=O)O. The van der Waals surface area contributed by atoms with Crippen LogP contribution in [0.15, 0.2) is 9.59 Å². The zero-order valence-corrected chi connectivity index (χ0v) is 9.22. The summed E-state index contributed by atoms with van der Waals surface area (Å²) in [5, 5.41) is 8.75. The van der Waals surface area contributed by atoms with Crippen LogP contribution in [0.1, 0.15) is 5.82 Å². The highest BCUT2D eigenvalue weighted by atomic mass is 16.4. The van der Waals surface area contributed by atoms with Crippen LogP contribution in [0.25, 0.3) is 11.2 Å². The number of hydrogen-bond donors (Lipinski definition) is 2. The van der Waals surface area contributed by atoms with Crippen molar-refractivity contribution in [3.05, 3.63) is 26.7 Å². The molecule has 8 heteroatoms. The normalized spacial score (nSPS) is 10.9. The first-order chi connectivity index (χ1) is 7.91. The molecule has 0 saturated heterocycles. The van der Waals surface area contributed by atoms with Gasteiger partial charge in [-0.05, 0) is 6.92 Å². The molecular formula is C9H10N4O4.